The number of hydrogen-bond donors (Lipinski definition) is 0. The predicted octanol–water partition coefficient (Wildman–Crippen LogP) is 1.69. The fraction of sp³-hybridized carbons (Fsp3) is 0.733. The molecule has 1 aliphatic heterocycles. The molecule has 4 aliphatic rings. The van der Waals surface area contributed by atoms with Crippen LogP contribution in [-0.2, 0) is 19.1 Å². The van der Waals surface area contributed by atoms with E-state index in [4.69, 9.17) is 9.47 Å². The van der Waals surface area contributed by atoms with Crippen molar-refractivity contribution in [3.05, 3.63) is 12.2 Å². The Bertz CT molecular complexity index is 496. The van der Waals surface area contributed by atoms with Crippen LogP contribution in [0.15, 0.2) is 12.2 Å². The number of esters is 2. The zero-order valence-electron chi connectivity index (χ0n) is 11.1. The topological polar surface area (TPSA) is 52.6 Å². The largest absolute Gasteiger partial charge is 0.462 e. The van der Waals surface area contributed by atoms with E-state index in [2.05, 4.69) is 6.58 Å². The lowest BCUT2D eigenvalue weighted by Crippen LogP contribution is -2.36. The molecule has 102 valence electrons. The lowest BCUT2D eigenvalue weighted by Gasteiger charge is -2.38. The van der Waals surface area contributed by atoms with E-state index >= 15 is 0 Å². The van der Waals surface area contributed by atoms with Gasteiger partial charge < -0.3 is 9.47 Å². The van der Waals surface area contributed by atoms with E-state index in [0.717, 1.165) is 12.3 Å². The van der Waals surface area contributed by atoms with Crippen LogP contribution in [0.1, 0.15) is 26.2 Å². The fourth-order valence-corrected chi connectivity index (χ4v) is 5.16. The molecule has 4 nitrogen and oxygen atoms in total. The molecule has 0 amide bonds. The third-order valence-corrected chi connectivity index (χ3v) is 5.88. The summed E-state index contributed by atoms with van der Waals surface area (Å²) in [5.41, 5.74) is 0.741. The van der Waals surface area contributed by atoms with Gasteiger partial charge in [0.2, 0.25) is 0 Å². The maximum atomic E-state index is 11.6. The Hall–Kier alpha value is -1.32. The van der Waals surface area contributed by atoms with Crippen LogP contribution in [0.5, 0.6) is 0 Å². The summed E-state index contributed by atoms with van der Waals surface area (Å²) in [7, 11) is 0. The van der Waals surface area contributed by atoms with Crippen molar-refractivity contribution in [3.8, 4) is 0 Å². The van der Waals surface area contributed by atoms with Gasteiger partial charge in [-0.1, -0.05) is 6.58 Å². The lowest BCUT2D eigenvalue weighted by atomic mass is 9.65. The van der Waals surface area contributed by atoms with Gasteiger partial charge in [0.05, 0.1) is 13.0 Å². The first kappa shape index (κ1) is 11.5. The maximum absolute atomic E-state index is 11.6. The van der Waals surface area contributed by atoms with Crippen LogP contribution in [0, 0.1) is 29.1 Å². The fourth-order valence-electron chi connectivity index (χ4n) is 5.16. The molecule has 3 saturated carbocycles. The van der Waals surface area contributed by atoms with Gasteiger partial charge in [-0.2, -0.15) is 0 Å². The Kier molecular flexibility index (Phi) is 2.06. The molecule has 0 aromatic rings. The summed E-state index contributed by atoms with van der Waals surface area (Å²) in [5, 5.41) is 0. The molecule has 1 heterocycles. The second kappa shape index (κ2) is 3.41. The van der Waals surface area contributed by atoms with Gasteiger partial charge in [0, 0.05) is 17.4 Å². The average Bonchev–Trinajstić information content (AvgIpc) is 2.83. The van der Waals surface area contributed by atoms with E-state index in [1.54, 1.807) is 6.92 Å². The zero-order chi connectivity index (χ0) is 13.4. The van der Waals surface area contributed by atoms with Gasteiger partial charge in [0.1, 0.15) is 6.10 Å². The van der Waals surface area contributed by atoms with Crippen molar-refractivity contribution in [1.82, 2.24) is 0 Å². The molecule has 0 N–H and O–H groups in total. The van der Waals surface area contributed by atoms with Crippen molar-refractivity contribution in [3.63, 3.8) is 0 Å². The van der Waals surface area contributed by atoms with Crippen molar-refractivity contribution in [2.75, 3.05) is 6.61 Å². The number of hydrogen-bond acceptors (Lipinski definition) is 4. The standard InChI is InChI=1S/C15H18O4/c1-7(2)14(17)18-4-3-8-9-5-10-12-13(8)19-11(16)6-15(9,10)12/h8-10,12-13H,1,3-6H2,2H3. The minimum Gasteiger partial charge on any atom is -0.462 e. The highest BCUT2D eigenvalue weighted by Crippen LogP contribution is 2.87. The molecule has 0 radical (unpaired) electrons. The van der Waals surface area contributed by atoms with Crippen molar-refractivity contribution < 1.29 is 19.1 Å². The van der Waals surface area contributed by atoms with E-state index in [-0.39, 0.29) is 18.0 Å². The molecular weight excluding hydrogens is 244 g/mol. The summed E-state index contributed by atoms with van der Waals surface area (Å²) in [6.45, 7) is 5.63. The first-order valence-corrected chi connectivity index (χ1v) is 7.08. The number of carbonyl (C=O) groups excluding carboxylic acids is 2. The van der Waals surface area contributed by atoms with Crippen molar-refractivity contribution in [1.29, 1.82) is 0 Å². The second-order valence-electron chi connectivity index (χ2n) is 6.59. The highest BCUT2D eigenvalue weighted by atomic mass is 16.6. The summed E-state index contributed by atoms with van der Waals surface area (Å²) in [6.07, 6.45) is 2.79. The van der Waals surface area contributed by atoms with E-state index in [1.807, 2.05) is 0 Å². The van der Waals surface area contributed by atoms with E-state index in [0.29, 0.717) is 41.8 Å². The van der Waals surface area contributed by atoms with Gasteiger partial charge >= 0.3 is 11.9 Å². The van der Waals surface area contributed by atoms with Crippen LogP contribution in [0.4, 0.5) is 0 Å². The van der Waals surface area contributed by atoms with Crippen LogP contribution in [0.3, 0.4) is 0 Å². The van der Waals surface area contributed by atoms with E-state index < -0.39 is 0 Å². The summed E-state index contributed by atoms with van der Waals surface area (Å²) in [5.74, 6) is 2.06. The Morgan fingerprint density at radius 3 is 3.05 bits per heavy atom. The quantitative estimate of drug-likeness (QED) is 0.571. The second-order valence-corrected chi connectivity index (χ2v) is 6.59. The molecule has 6 unspecified atom stereocenters. The monoisotopic (exact) mass is 262 g/mol. The third kappa shape index (κ3) is 1.25. The van der Waals surface area contributed by atoms with E-state index in [1.165, 1.54) is 6.42 Å². The van der Waals surface area contributed by atoms with Gasteiger partial charge in [0.25, 0.3) is 0 Å². The van der Waals surface area contributed by atoms with E-state index in [9.17, 15) is 9.59 Å². The SMILES string of the molecule is C=C(C)C(=O)OCCC1C2OC(=O)CC34C1CC3C24. The first-order valence-electron chi connectivity index (χ1n) is 7.08. The van der Waals surface area contributed by atoms with Crippen molar-refractivity contribution in [2.24, 2.45) is 29.1 Å². The molecule has 3 aliphatic carbocycles. The number of ether oxygens (including phenoxy) is 2. The highest BCUT2D eigenvalue weighted by molar-refractivity contribution is 5.86. The van der Waals surface area contributed by atoms with Gasteiger partial charge in [-0.15, -0.1) is 0 Å². The number of carbonyl (C=O) groups is 2. The summed E-state index contributed by atoms with van der Waals surface area (Å²) >= 11 is 0. The maximum Gasteiger partial charge on any atom is 0.333 e. The van der Waals surface area contributed by atoms with Crippen molar-refractivity contribution in [2.45, 2.75) is 32.3 Å². The van der Waals surface area contributed by atoms with Crippen LogP contribution >= 0.6 is 0 Å². The van der Waals surface area contributed by atoms with Gasteiger partial charge in [-0.25, -0.2) is 4.79 Å². The summed E-state index contributed by atoms with van der Waals surface area (Å²) in [4.78, 5) is 23.0. The summed E-state index contributed by atoms with van der Waals surface area (Å²) in [6, 6.07) is 0. The molecule has 4 fully saturated rings. The molecule has 4 heteroatoms. The molecule has 6 atom stereocenters. The Morgan fingerprint density at radius 2 is 2.32 bits per heavy atom. The van der Waals surface area contributed by atoms with Gasteiger partial charge in [-0.05, 0) is 37.0 Å². The van der Waals surface area contributed by atoms with Gasteiger partial charge in [0.15, 0.2) is 0 Å². The minimum absolute atomic E-state index is 0.0186. The van der Waals surface area contributed by atoms with Crippen LogP contribution < -0.4 is 0 Å². The lowest BCUT2D eigenvalue weighted by molar-refractivity contribution is -0.156. The van der Waals surface area contributed by atoms with Crippen LogP contribution in [-0.4, -0.2) is 24.6 Å². The molecular formula is C15H18O4. The zero-order valence-corrected chi connectivity index (χ0v) is 11.1. The molecule has 1 saturated heterocycles. The smallest absolute Gasteiger partial charge is 0.333 e. The molecule has 0 aromatic heterocycles. The number of rotatable bonds is 4. The highest BCUT2D eigenvalue weighted by Gasteiger charge is 2.87. The van der Waals surface area contributed by atoms with Crippen LogP contribution in [0.2, 0.25) is 0 Å². The third-order valence-electron chi connectivity index (χ3n) is 5.88. The Balaban J connectivity index is 1.40. The average molecular weight is 262 g/mol. The molecule has 4 rings (SSSR count). The summed E-state index contributed by atoms with van der Waals surface area (Å²) < 4.78 is 10.7. The van der Waals surface area contributed by atoms with Gasteiger partial charge in [-0.3, -0.25) is 4.79 Å². The molecule has 2 bridgehead atoms. The van der Waals surface area contributed by atoms with Crippen LogP contribution in [0.25, 0.3) is 0 Å². The first-order chi connectivity index (χ1) is 9.05. The molecule has 19 heavy (non-hydrogen) atoms. The Morgan fingerprint density at radius 1 is 1.53 bits per heavy atom. The normalized spacial score (nSPS) is 47.8. The molecule has 1 spiro atoms. The predicted molar refractivity (Wildman–Crippen MR) is 65.9 cm³/mol. The minimum atomic E-state index is -0.326. The molecule has 0 aromatic carbocycles. The van der Waals surface area contributed by atoms with Crippen molar-refractivity contribution >= 4 is 11.9 Å². The Labute approximate surface area is 112 Å².